The van der Waals surface area contributed by atoms with Gasteiger partial charge < -0.3 is 15.4 Å². The summed E-state index contributed by atoms with van der Waals surface area (Å²) in [5, 5.41) is 0. The summed E-state index contributed by atoms with van der Waals surface area (Å²) in [7, 11) is 0. The average molecular weight is 244 g/mol. The first-order chi connectivity index (χ1) is 8.75. The third kappa shape index (κ3) is 3.51. The molecule has 1 amide bonds. The van der Waals surface area contributed by atoms with Gasteiger partial charge in [0.05, 0.1) is 19.6 Å². The number of ether oxygens (including phenoxy) is 1. The van der Waals surface area contributed by atoms with Crippen LogP contribution < -0.4 is 10.6 Å². The standard InChI is InChI=1S/C14H16N2O2/c15-14(17)6-2-4-12-3-1-5-13(11-12)16-7-9-18-10-8-16/h1,3,5,11H,6-10H2,(H2,15,17). The van der Waals surface area contributed by atoms with Crippen molar-refractivity contribution >= 4 is 11.6 Å². The van der Waals surface area contributed by atoms with Crippen molar-refractivity contribution in [2.24, 2.45) is 5.73 Å². The molecule has 18 heavy (non-hydrogen) atoms. The number of nitrogens with zero attached hydrogens (tertiary/aromatic N) is 1. The van der Waals surface area contributed by atoms with Gasteiger partial charge >= 0.3 is 0 Å². The summed E-state index contributed by atoms with van der Waals surface area (Å²) in [6.07, 6.45) is 0.0990. The van der Waals surface area contributed by atoms with Crippen molar-refractivity contribution in [1.29, 1.82) is 0 Å². The maximum atomic E-state index is 10.6. The molecule has 1 aliphatic heterocycles. The van der Waals surface area contributed by atoms with Crippen LogP contribution in [0.25, 0.3) is 0 Å². The van der Waals surface area contributed by atoms with E-state index in [9.17, 15) is 4.79 Å². The number of rotatable bonds is 2. The number of primary amides is 1. The Morgan fingerprint density at radius 1 is 1.39 bits per heavy atom. The van der Waals surface area contributed by atoms with Crippen molar-refractivity contribution in [3.05, 3.63) is 29.8 Å². The number of anilines is 1. The van der Waals surface area contributed by atoms with Gasteiger partial charge in [0.15, 0.2) is 0 Å². The Labute approximate surface area is 107 Å². The molecule has 1 aromatic carbocycles. The average Bonchev–Trinajstić information content (AvgIpc) is 2.40. The van der Waals surface area contributed by atoms with Crippen molar-refractivity contribution in [1.82, 2.24) is 0 Å². The van der Waals surface area contributed by atoms with E-state index in [1.165, 1.54) is 0 Å². The molecule has 1 aliphatic rings. The van der Waals surface area contributed by atoms with Gasteiger partial charge in [0, 0.05) is 24.3 Å². The summed E-state index contributed by atoms with van der Waals surface area (Å²) < 4.78 is 5.32. The molecule has 0 unspecified atom stereocenters. The Hall–Kier alpha value is -1.99. The van der Waals surface area contributed by atoms with Crippen LogP contribution in [0.1, 0.15) is 12.0 Å². The smallest absolute Gasteiger partial charge is 0.229 e. The molecule has 4 nitrogen and oxygen atoms in total. The lowest BCUT2D eigenvalue weighted by atomic mass is 10.2. The number of hydrogen-bond donors (Lipinski definition) is 1. The largest absolute Gasteiger partial charge is 0.378 e. The lowest BCUT2D eigenvalue weighted by Crippen LogP contribution is -2.36. The number of morpholine rings is 1. The zero-order valence-electron chi connectivity index (χ0n) is 10.2. The minimum atomic E-state index is -0.396. The van der Waals surface area contributed by atoms with Gasteiger partial charge in [-0.05, 0) is 18.2 Å². The molecule has 0 bridgehead atoms. The fraction of sp³-hybridized carbons (Fsp3) is 0.357. The molecule has 1 aromatic rings. The van der Waals surface area contributed by atoms with E-state index in [0.29, 0.717) is 0 Å². The second-order valence-corrected chi connectivity index (χ2v) is 4.09. The number of hydrogen-bond acceptors (Lipinski definition) is 3. The molecular weight excluding hydrogens is 228 g/mol. The van der Waals surface area contributed by atoms with Crippen LogP contribution >= 0.6 is 0 Å². The normalized spacial score (nSPS) is 14.8. The molecule has 0 radical (unpaired) electrons. The first kappa shape index (κ1) is 12.5. The second kappa shape index (κ2) is 6.08. The molecule has 4 heteroatoms. The zero-order chi connectivity index (χ0) is 12.8. The van der Waals surface area contributed by atoms with Gasteiger partial charge in [-0.3, -0.25) is 4.79 Å². The fourth-order valence-corrected chi connectivity index (χ4v) is 1.84. The summed E-state index contributed by atoms with van der Waals surface area (Å²) in [6.45, 7) is 3.32. The Balaban J connectivity index is 2.08. The quantitative estimate of drug-likeness (QED) is 0.781. The van der Waals surface area contributed by atoms with Gasteiger partial charge in [-0.1, -0.05) is 17.9 Å². The number of carbonyl (C=O) groups is 1. The first-order valence-electron chi connectivity index (χ1n) is 5.95. The van der Waals surface area contributed by atoms with E-state index in [2.05, 4.69) is 22.8 Å². The Morgan fingerprint density at radius 2 is 2.17 bits per heavy atom. The molecule has 94 valence electrons. The van der Waals surface area contributed by atoms with E-state index >= 15 is 0 Å². The summed E-state index contributed by atoms with van der Waals surface area (Å²) in [5.41, 5.74) is 7.09. The van der Waals surface area contributed by atoms with E-state index in [1.54, 1.807) is 0 Å². The van der Waals surface area contributed by atoms with E-state index in [0.717, 1.165) is 37.6 Å². The molecule has 0 saturated carbocycles. The number of benzene rings is 1. The van der Waals surface area contributed by atoms with Crippen molar-refractivity contribution in [2.75, 3.05) is 31.2 Å². The number of nitrogens with two attached hydrogens (primary N) is 1. The predicted molar refractivity (Wildman–Crippen MR) is 70.2 cm³/mol. The third-order valence-electron chi connectivity index (χ3n) is 2.72. The summed E-state index contributed by atoms with van der Waals surface area (Å²) in [5.74, 6) is 5.31. The molecule has 2 N–H and O–H groups in total. The van der Waals surface area contributed by atoms with Crippen LogP contribution in [-0.4, -0.2) is 32.2 Å². The van der Waals surface area contributed by atoms with E-state index < -0.39 is 5.91 Å². The number of carbonyl (C=O) groups excluding carboxylic acids is 1. The van der Waals surface area contributed by atoms with E-state index in [4.69, 9.17) is 10.5 Å². The van der Waals surface area contributed by atoms with Crippen LogP contribution in [0.4, 0.5) is 5.69 Å². The second-order valence-electron chi connectivity index (χ2n) is 4.09. The lowest BCUT2D eigenvalue weighted by molar-refractivity contribution is -0.117. The summed E-state index contributed by atoms with van der Waals surface area (Å²) >= 11 is 0. The lowest BCUT2D eigenvalue weighted by Gasteiger charge is -2.28. The number of amides is 1. The summed E-state index contributed by atoms with van der Waals surface area (Å²) in [4.78, 5) is 12.9. The van der Waals surface area contributed by atoms with Crippen LogP contribution in [0.15, 0.2) is 24.3 Å². The maximum Gasteiger partial charge on any atom is 0.229 e. The van der Waals surface area contributed by atoms with Gasteiger partial charge in [-0.2, -0.15) is 0 Å². The Kier molecular flexibility index (Phi) is 4.21. The van der Waals surface area contributed by atoms with Crippen LogP contribution in [-0.2, 0) is 9.53 Å². The van der Waals surface area contributed by atoms with Crippen molar-refractivity contribution in [2.45, 2.75) is 6.42 Å². The highest BCUT2D eigenvalue weighted by atomic mass is 16.5. The topological polar surface area (TPSA) is 55.6 Å². The van der Waals surface area contributed by atoms with Crippen molar-refractivity contribution in [3.8, 4) is 11.8 Å². The minimum absolute atomic E-state index is 0.0990. The highest BCUT2D eigenvalue weighted by Gasteiger charge is 2.10. The monoisotopic (exact) mass is 244 g/mol. The Morgan fingerprint density at radius 3 is 2.89 bits per heavy atom. The molecular formula is C14H16N2O2. The summed E-state index contributed by atoms with van der Waals surface area (Å²) in [6, 6.07) is 7.99. The van der Waals surface area contributed by atoms with Gasteiger partial charge in [0.25, 0.3) is 0 Å². The molecule has 1 fully saturated rings. The fourth-order valence-electron chi connectivity index (χ4n) is 1.84. The minimum Gasteiger partial charge on any atom is -0.378 e. The van der Waals surface area contributed by atoms with Crippen molar-refractivity contribution < 1.29 is 9.53 Å². The zero-order valence-corrected chi connectivity index (χ0v) is 10.2. The van der Waals surface area contributed by atoms with Crippen LogP contribution in [0.2, 0.25) is 0 Å². The van der Waals surface area contributed by atoms with E-state index in [-0.39, 0.29) is 6.42 Å². The molecule has 1 saturated heterocycles. The molecule has 2 rings (SSSR count). The predicted octanol–water partition coefficient (Wildman–Crippen LogP) is 0.750. The van der Waals surface area contributed by atoms with Gasteiger partial charge in [0.2, 0.25) is 5.91 Å². The van der Waals surface area contributed by atoms with Gasteiger partial charge in [-0.15, -0.1) is 0 Å². The molecule has 1 heterocycles. The van der Waals surface area contributed by atoms with Gasteiger partial charge in [-0.25, -0.2) is 0 Å². The highest BCUT2D eigenvalue weighted by molar-refractivity contribution is 5.76. The van der Waals surface area contributed by atoms with E-state index in [1.807, 2.05) is 18.2 Å². The van der Waals surface area contributed by atoms with Crippen LogP contribution in [0.5, 0.6) is 0 Å². The SMILES string of the molecule is NC(=O)CC#Cc1cccc(N2CCOCC2)c1. The van der Waals surface area contributed by atoms with Gasteiger partial charge in [0.1, 0.15) is 0 Å². The Bertz CT molecular complexity index is 482. The molecule has 0 atom stereocenters. The van der Waals surface area contributed by atoms with Crippen LogP contribution in [0, 0.1) is 11.8 Å². The first-order valence-corrected chi connectivity index (χ1v) is 5.95. The molecule has 0 aliphatic carbocycles. The molecule has 0 aromatic heterocycles. The third-order valence-corrected chi connectivity index (χ3v) is 2.72. The highest BCUT2D eigenvalue weighted by Crippen LogP contribution is 2.16. The van der Waals surface area contributed by atoms with Crippen LogP contribution in [0.3, 0.4) is 0 Å². The maximum absolute atomic E-state index is 10.6. The molecule has 0 spiro atoms. The van der Waals surface area contributed by atoms with Crippen molar-refractivity contribution in [3.63, 3.8) is 0 Å².